The number of hydrogen-bond donors (Lipinski definition) is 2. The molecule has 1 rings (SSSR count). The van der Waals surface area contributed by atoms with Gasteiger partial charge in [-0.15, -0.1) is 0 Å². The summed E-state index contributed by atoms with van der Waals surface area (Å²) in [7, 11) is -3.24. The van der Waals surface area contributed by atoms with Crippen LogP contribution in [0.5, 0.6) is 0 Å². The summed E-state index contributed by atoms with van der Waals surface area (Å²) in [6.07, 6.45) is 0.652. The molecular formula is C16H26N2O4S. The minimum absolute atomic E-state index is 0.251. The second kappa shape index (κ2) is 6.88. The van der Waals surface area contributed by atoms with Crippen LogP contribution in [-0.4, -0.2) is 39.5 Å². The van der Waals surface area contributed by atoms with Crippen LogP contribution in [-0.2, 0) is 20.0 Å². The zero-order valence-corrected chi connectivity index (χ0v) is 15.2. The normalized spacial score (nSPS) is 14.9. The maximum absolute atomic E-state index is 11.8. The van der Waals surface area contributed by atoms with Gasteiger partial charge >= 0.3 is 6.09 Å². The van der Waals surface area contributed by atoms with E-state index in [1.807, 2.05) is 6.92 Å². The molecule has 1 unspecified atom stereocenters. The summed E-state index contributed by atoms with van der Waals surface area (Å²) in [5.74, 6) is 0. The molecule has 7 heteroatoms. The second-order valence-corrected chi connectivity index (χ2v) is 8.93. The number of carbonyl (C=O) groups excluding carboxylic acids is 1. The highest BCUT2D eigenvalue weighted by Crippen LogP contribution is 2.23. The first-order valence-electron chi connectivity index (χ1n) is 7.35. The monoisotopic (exact) mass is 342 g/mol. The topological polar surface area (TPSA) is 98.5 Å². The standard InChI is InChI=1S/C16H26N2O4S/c1-15(2,3)22-14(19)18-11-16(4,10-17)12-6-8-13(9-7-12)23(5,20)21/h6-9H,10-11,17H2,1-5H3,(H,18,19). The van der Waals surface area contributed by atoms with Crippen LogP contribution < -0.4 is 11.1 Å². The van der Waals surface area contributed by atoms with Crippen molar-refractivity contribution in [3.05, 3.63) is 29.8 Å². The van der Waals surface area contributed by atoms with Gasteiger partial charge < -0.3 is 15.8 Å². The Morgan fingerprint density at radius 3 is 2.09 bits per heavy atom. The molecule has 0 spiro atoms. The highest BCUT2D eigenvalue weighted by molar-refractivity contribution is 7.90. The van der Waals surface area contributed by atoms with E-state index in [2.05, 4.69) is 5.32 Å². The Bertz CT molecular complexity index is 648. The average molecular weight is 342 g/mol. The molecule has 0 aliphatic heterocycles. The summed E-state index contributed by atoms with van der Waals surface area (Å²) in [4.78, 5) is 12.0. The number of amides is 1. The van der Waals surface area contributed by atoms with Gasteiger partial charge in [-0.1, -0.05) is 19.1 Å². The van der Waals surface area contributed by atoms with Crippen molar-refractivity contribution in [2.24, 2.45) is 5.73 Å². The van der Waals surface area contributed by atoms with E-state index in [1.165, 1.54) is 0 Å². The Kier molecular flexibility index (Phi) is 5.82. The van der Waals surface area contributed by atoms with Gasteiger partial charge in [-0.3, -0.25) is 0 Å². The molecule has 0 radical (unpaired) electrons. The van der Waals surface area contributed by atoms with Gasteiger partial charge in [-0.25, -0.2) is 13.2 Å². The zero-order chi connectivity index (χ0) is 17.9. The minimum Gasteiger partial charge on any atom is -0.444 e. The molecule has 23 heavy (non-hydrogen) atoms. The largest absolute Gasteiger partial charge is 0.444 e. The third-order valence-corrected chi connectivity index (χ3v) is 4.58. The molecule has 0 heterocycles. The smallest absolute Gasteiger partial charge is 0.407 e. The number of ether oxygens (including phenoxy) is 1. The molecule has 0 aromatic heterocycles. The molecule has 0 aliphatic rings. The Morgan fingerprint density at radius 2 is 1.70 bits per heavy atom. The molecule has 1 aromatic rings. The lowest BCUT2D eigenvalue weighted by molar-refractivity contribution is 0.0516. The maximum Gasteiger partial charge on any atom is 0.407 e. The number of rotatable bonds is 5. The maximum atomic E-state index is 11.8. The molecule has 3 N–H and O–H groups in total. The summed E-state index contributed by atoms with van der Waals surface area (Å²) in [5.41, 5.74) is 5.63. The number of benzene rings is 1. The van der Waals surface area contributed by atoms with Crippen molar-refractivity contribution >= 4 is 15.9 Å². The van der Waals surface area contributed by atoms with Gasteiger partial charge in [0.1, 0.15) is 5.60 Å². The van der Waals surface area contributed by atoms with Crippen LogP contribution in [0.25, 0.3) is 0 Å². The number of hydrogen-bond acceptors (Lipinski definition) is 5. The Balaban J connectivity index is 2.87. The highest BCUT2D eigenvalue weighted by atomic mass is 32.2. The summed E-state index contributed by atoms with van der Waals surface area (Å²) in [6, 6.07) is 6.54. The van der Waals surface area contributed by atoms with E-state index < -0.39 is 26.9 Å². The third-order valence-electron chi connectivity index (χ3n) is 3.45. The van der Waals surface area contributed by atoms with Crippen LogP contribution in [0.4, 0.5) is 4.79 Å². The van der Waals surface area contributed by atoms with Gasteiger partial charge in [0.05, 0.1) is 4.90 Å². The molecule has 0 saturated heterocycles. The van der Waals surface area contributed by atoms with E-state index in [4.69, 9.17) is 10.5 Å². The molecule has 0 saturated carbocycles. The van der Waals surface area contributed by atoms with Crippen molar-refractivity contribution in [2.45, 2.75) is 43.6 Å². The lowest BCUT2D eigenvalue weighted by Crippen LogP contribution is -2.45. The number of nitrogens with two attached hydrogens (primary N) is 1. The minimum atomic E-state index is -3.24. The van der Waals surface area contributed by atoms with Gasteiger partial charge in [-0.2, -0.15) is 0 Å². The first kappa shape index (κ1) is 19.4. The predicted molar refractivity (Wildman–Crippen MR) is 90.2 cm³/mol. The van der Waals surface area contributed by atoms with Gasteiger partial charge in [0.25, 0.3) is 0 Å². The van der Waals surface area contributed by atoms with E-state index in [0.717, 1.165) is 11.8 Å². The van der Waals surface area contributed by atoms with E-state index in [9.17, 15) is 13.2 Å². The second-order valence-electron chi connectivity index (χ2n) is 6.92. The van der Waals surface area contributed by atoms with E-state index in [-0.39, 0.29) is 11.4 Å². The van der Waals surface area contributed by atoms with Gasteiger partial charge in [0.2, 0.25) is 0 Å². The fourth-order valence-electron chi connectivity index (χ4n) is 1.98. The van der Waals surface area contributed by atoms with E-state index in [0.29, 0.717) is 6.54 Å². The summed E-state index contributed by atoms with van der Waals surface area (Å²) in [5, 5.41) is 2.71. The van der Waals surface area contributed by atoms with Crippen molar-refractivity contribution < 1.29 is 17.9 Å². The summed E-state index contributed by atoms with van der Waals surface area (Å²) in [6.45, 7) is 7.85. The van der Waals surface area contributed by atoms with Crippen LogP contribution in [0.1, 0.15) is 33.3 Å². The zero-order valence-electron chi connectivity index (χ0n) is 14.3. The van der Waals surface area contributed by atoms with Crippen LogP contribution in [0, 0.1) is 0 Å². The third kappa shape index (κ3) is 5.84. The molecule has 0 aliphatic carbocycles. The van der Waals surface area contributed by atoms with Crippen molar-refractivity contribution in [2.75, 3.05) is 19.3 Å². The molecular weight excluding hydrogens is 316 g/mol. The van der Waals surface area contributed by atoms with Gasteiger partial charge in [-0.05, 0) is 38.5 Å². The fraction of sp³-hybridized carbons (Fsp3) is 0.562. The van der Waals surface area contributed by atoms with Crippen molar-refractivity contribution in [1.82, 2.24) is 5.32 Å². The Hall–Kier alpha value is -1.60. The quantitative estimate of drug-likeness (QED) is 0.850. The number of carbonyl (C=O) groups is 1. The molecule has 6 nitrogen and oxygen atoms in total. The predicted octanol–water partition coefficient (Wildman–Crippen LogP) is 1.83. The summed E-state index contributed by atoms with van der Waals surface area (Å²) < 4.78 is 28.2. The summed E-state index contributed by atoms with van der Waals surface area (Å²) >= 11 is 0. The van der Waals surface area contributed by atoms with Crippen LogP contribution in [0.3, 0.4) is 0 Å². The van der Waals surface area contributed by atoms with Crippen molar-refractivity contribution in [3.63, 3.8) is 0 Å². The molecule has 0 fully saturated rings. The fourth-order valence-corrected chi connectivity index (χ4v) is 2.61. The number of nitrogens with one attached hydrogen (secondary N) is 1. The molecule has 1 amide bonds. The number of alkyl carbamates (subject to hydrolysis) is 1. The lowest BCUT2D eigenvalue weighted by atomic mass is 9.82. The first-order valence-corrected chi connectivity index (χ1v) is 9.24. The Labute approximate surface area is 138 Å². The number of sulfone groups is 1. The van der Waals surface area contributed by atoms with Crippen molar-refractivity contribution in [1.29, 1.82) is 0 Å². The average Bonchev–Trinajstić information content (AvgIpc) is 2.42. The van der Waals surface area contributed by atoms with E-state index in [1.54, 1.807) is 45.0 Å². The first-order chi connectivity index (χ1) is 10.4. The SMILES string of the molecule is CC(C)(C)OC(=O)NCC(C)(CN)c1ccc(S(C)(=O)=O)cc1. The molecule has 0 bridgehead atoms. The highest BCUT2D eigenvalue weighted by Gasteiger charge is 2.27. The lowest BCUT2D eigenvalue weighted by Gasteiger charge is -2.30. The molecule has 130 valence electrons. The van der Waals surface area contributed by atoms with Crippen LogP contribution in [0.2, 0.25) is 0 Å². The molecule has 1 aromatic carbocycles. The van der Waals surface area contributed by atoms with Gasteiger partial charge in [0.15, 0.2) is 9.84 Å². The van der Waals surface area contributed by atoms with E-state index >= 15 is 0 Å². The van der Waals surface area contributed by atoms with Crippen LogP contribution >= 0.6 is 0 Å². The van der Waals surface area contributed by atoms with Crippen LogP contribution in [0.15, 0.2) is 29.2 Å². The molecule has 1 atom stereocenters. The van der Waals surface area contributed by atoms with Crippen molar-refractivity contribution in [3.8, 4) is 0 Å². The van der Waals surface area contributed by atoms with Gasteiger partial charge in [0, 0.05) is 24.8 Å². The Morgan fingerprint density at radius 1 is 1.17 bits per heavy atom.